The molecule has 2 aliphatic rings. The Balaban J connectivity index is 1.42. The minimum Gasteiger partial charge on any atom is -0.383 e. The summed E-state index contributed by atoms with van der Waals surface area (Å²) in [5.74, 6) is 0.416. The standard InChI is InChI=1S/C32H31FN6O2/c1-19(17-41-3)35-15-20-9-27-28(29(33)10-20)16-39(32(27)40)30-13-25(23-6-4-5-22(11-23)21-7-8-21)26(12-24(30)14-34)31-37-36-18-38(31)2/h4-6,9-13,18-19,21,35H,7-8,15-17H2,1-3H3. The number of nitriles is 1. The van der Waals surface area contributed by atoms with Gasteiger partial charge in [0, 0.05) is 43.4 Å². The van der Waals surface area contributed by atoms with Crippen molar-refractivity contribution in [3.63, 3.8) is 0 Å². The van der Waals surface area contributed by atoms with Crippen molar-refractivity contribution in [3.05, 3.63) is 88.5 Å². The van der Waals surface area contributed by atoms with E-state index in [0.29, 0.717) is 52.8 Å². The first-order valence-corrected chi connectivity index (χ1v) is 13.8. The highest BCUT2D eigenvalue weighted by Crippen LogP contribution is 2.44. The zero-order valence-electron chi connectivity index (χ0n) is 23.3. The van der Waals surface area contributed by atoms with E-state index in [9.17, 15) is 10.1 Å². The summed E-state index contributed by atoms with van der Waals surface area (Å²) in [7, 11) is 3.48. The molecular formula is C32H31FN6O2. The minimum absolute atomic E-state index is 0.0489. The van der Waals surface area contributed by atoms with Crippen LogP contribution in [-0.2, 0) is 24.9 Å². The smallest absolute Gasteiger partial charge is 0.259 e. The van der Waals surface area contributed by atoms with Crippen LogP contribution < -0.4 is 10.2 Å². The number of carbonyl (C=O) groups is 1. The highest BCUT2D eigenvalue weighted by molar-refractivity contribution is 6.11. The average molecular weight is 551 g/mol. The number of fused-ring (bicyclic) bond motifs is 1. The fraction of sp³-hybridized carbons (Fsp3) is 0.312. The number of amides is 1. The van der Waals surface area contributed by atoms with Crippen molar-refractivity contribution in [3.8, 4) is 28.6 Å². The number of ether oxygens (including phenoxy) is 1. The van der Waals surface area contributed by atoms with Gasteiger partial charge >= 0.3 is 0 Å². The number of hydrogen-bond acceptors (Lipinski definition) is 6. The molecule has 3 aromatic carbocycles. The van der Waals surface area contributed by atoms with Crippen molar-refractivity contribution < 1.29 is 13.9 Å². The quantitative estimate of drug-likeness (QED) is 0.303. The molecule has 1 saturated carbocycles. The van der Waals surface area contributed by atoms with Gasteiger partial charge in [-0.05, 0) is 72.2 Å². The molecule has 8 nitrogen and oxygen atoms in total. The summed E-state index contributed by atoms with van der Waals surface area (Å²) < 4.78 is 22.3. The van der Waals surface area contributed by atoms with Gasteiger partial charge in [0.1, 0.15) is 18.2 Å². The number of nitrogens with one attached hydrogen (secondary N) is 1. The Kier molecular flexibility index (Phi) is 7.12. The predicted octanol–water partition coefficient (Wildman–Crippen LogP) is 5.32. The molecule has 1 aromatic heterocycles. The lowest BCUT2D eigenvalue weighted by atomic mass is 9.93. The maximum atomic E-state index is 15.3. The molecule has 0 bridgehead atoms. The average Bonchev–Trinajstić information content (AvgIpc) is 3.66. The van der Waals surface area contributed by atoms with Gasteiger partial charge in [-0.3, -0.25) is 4.79 Å². The number of carbonyl (C=O) groups excluding carboxylic acids is 1. The largest absolute Gasteiger partial charge is 0.383 e. The topological polar surface area (TPSA) is 96.1 Å². The van der Waals surface area contributed by atoms with Crippen LogP contribution in [0.2, 0.25) is 0 Å². The van der Waals surface area contributed by atoms with Gasteiger partial charge in [0.2, 0.25) is 0 Å². The molecule has 0 saturated heterocycles. The summed E-state index contributed by atoms with van der Waals surface area (Å²) in [6.45, 7) is 2.95. The second-order valence-electron chi connectivity index (χ2n) is 10.9. The van der Waals surface area contributed by atoms with Crippen LogP contribution in [-0.4, -0.2) is 40.4 Å². The number of benzene rings is 3. The number of nitrogens with zero attached hydrogens (tertiary/aromatic N) is 5. The van der Waals surface area contributed by atoms with Gasteiger partial charge in [-0.25, -0.2) is 4.39 Å². The monoisotopic (exact) mass is 550 g/mol. The van der Waals surface area contributed by atoms with Gasteiger partial charge in [-0.1, -0.05) is 24.3 Å². The summed E-state index contributed by atoms with van der Waals surface area (Å²) in [6.07, 6.45) is 3.96. The van der Waals surface area contributed by atoms with Crippen LogP contribution in [0.1, 0.15) is 58.3 Å². The molecule has 1 fully saturated rings. The van der Waals surface area contributed by atoms with Crippen LogP contribution in [0.25, 0.3) is 22.5 Å². The SMILES string of the molecule is COCC(C)NCc1cc(F)c2c(c1)C(=O)N(c1cc(-c3cccc(C4CC4)c3)c(-c3nncn3C)cc1C#N)C2. The zero-order valence-corrected chi connectivity index (χ0v) is 23.3. The second-order valence-corrected chi connectivity index (χ2v) is 10.9. The Morgan fingerprint density at radius 3 is 2.71 bits per heavy atom. The van der Waals surface area contributed by atoms with E-state index in [1.807, 2.05) is 32.2 Å². The Hall–Kier alpha value is -4.39. The summed E-state index contributed by atoms with van der Waals surface area (Å²) in [4.78, 5) is 15.3. The molecule has 1 aliphatic carbocycles. The number of aromatic nitrogens is 3. The normalized spacial score (nSPS) is 15.2. The number of methoxy groups -OCH3 is 1. The number of anilines is 1. The number of halogens is 1. The van der Waals surface area contributed by atoms with Crippen LogP contribution in [0.3, 0.4) is 0 Å². The van der Waals surface area contributed by atoms with E-state index >= 15 is 4.39 Å². The van der Waals surface area contributed by atoms with E-state index < -0.39 is 5.82 Å². The van der Waals surface area contributed by atoms with Crippen molar-refractivity contribution in [2.75, 3.05) is 18.6 Å². The molecule has 9 heteroatoms. The molecule has 2 heterocycles. The van der Waals surface area contributed by atoms with Gasteiger partial charge < -0.3 is 19.5 Å². The third kappa shape index (κ3) is 5.12. The molecule has 208 valence electrons. The molecule has 1 aliphatic heterocycles. The van der Waals surface area contributed by atoms with Gasteiger partial charge in [0.25, 0.3) is 5.91 Å². The molecule has 1 N–H and O–H groups in total. The highest BCUT2D eigenvalue weighted by atomic mass is 19.1. The van der Waals surface area contributed by atoms with Crippen molar-refractivity contribution in [1.29, 1.82) is 5.26 Å². The summed E-state index contributed by atoms with van der Waals surface area (Å²) in [5.41, 5.74) is 5.89. The molecule has 1 amide bonds. The minimum atomic E-state index is -0.430. The Morgan fingerprint density at radius 1 is 1.17 bits per heavy atom. The number of aryl methyl sites for hydroxylation is 1. The van der Waals surface area contributed by atoms with Crippen molar-refractivity contribution >= 4 is 11.6 Å². The molecule has 1 atom stereocenters. The van der Waals surface area contributed by atoms with Crippen LogP contribution in [0.4, 0.5) is 10.1 Å². The number of hydrogen-bond donors (Lipinski definition) is 1. The van der Waals surface area contributed by atoms with Gasteiger partial charge in [-0.15, -0.1) is 10.2 Å². The Labute approximate surface area is 238 Å². The Bertz CT molecular complexity index is 1690. The fourth-order valence-corrected chi connectivity index (χ4v) is 5.55. The summed E-state index contributed by atoms with van der Waals surface area (Å²) in [6, 6.07) is 17.6. The van der Waals surface area contributed by atoms with Crippen LogP contribution >= 0.6 is 0 Å². The van der Waals surface area contributed by atoms with E-state index in [2.05, 4.69) is 33.7 Å². The maximum Gasteiger partial charge on any atom is 0.259 e. The molecule has 0 radical (unpaired) electrons. The molecule has 41 heavy (non-hydrogen) atoms. The third-order valence-corrected chi connectivity index (χ3v) is 7.86. The van der Waals surface area contributed by atoms with E-state index in [1.54, 1.807) is 30.1 Å². The van der Waals surface area contributed by atoms with Crippen LogP contribution in [0, 0.1) is 17.1 Å². The fourth-order valence-electron chi connectivity index (χ4n) is 5.55. The first kappa shape index (κ1) is 26.8. The van der Waals surface area contributed by atoms with Crippen molar-refractivity contribution in [2.45, 2.75) is 44.8 Å². The number of rotatable bonds is 9. The second kappa shape index (κ2) is 10.9. The lowest BCUT2D eigenvalue weighted by molar-refractivity contribution is 0.0996. The van der Waals surface area contributed by atoms with Crippen LogP contribution in [0.15, 0.2) is 54.9 Å². The molecular weight excluding hydrogens is 519 g/mol. The van der Waals surface area contributed by atoms with Gasteiger partial charge in [-0.2, -0.15) is 5.26 Å². The summed E-state index contributed by atoms with van der Waals surface area (Å²) >= 11 is 0. The molecule has 1 unspecified atom stereocenters. The lowest BCUT2D eigenvalue weighted by Crippen LogP contribution is -2.29. The van der Waals surface area contributed by atoms with E-state index in [1.165, 1.54) is 29.4 Å². The molecule has 6 rings (SSSR count). The zero-order chi connectivity index (χ0) is 28.7. The van der Waals surface area contributed by atoms with Gasteiger partial charge in [0.15, 0.2) is 5.82 Å². The molecule has 0 spiro atoms. The predicted molar refractivity (Wildman–Crippen MR) is 154 cm³/mol. The van der Waals surface area contributed by atoms with E-state index in [-0.39, 0.29) is 18.5 Å². The van der Waals surface area contributed by atoms with Crippen molar-refractivity contribution in [2.24, 2.45) is 7.05 Å². The Morgan fingerprint density at radius 2 is 2.00 bits per heavy atom. The summed E-state index contributed by atoms with van der Waals surface area (Å²) in [5, 5.41) is 21.9. The van der Waals surface area contributed by atoms with E-state index in [0.717, 1.165) is 16.7 Å². The van der Waals surface area contributed by atoms with E-state index in [4.69, 9.17) is 4.74 Å². The van der Waals surface area contributed by atoms with Crippen molar-refractivity contribution in [1.82, 2.24) is 20.1 Å². The lowest BCUT2D eigenvalue weighted by Gasteiger charge is -2.21. The van der Waals surface area contributed by atoms with Gasteiger partial charge in [0.05, 0.1) is 24.4 Å². The molecule has 4 aromatic rings. The van der Waals surface area contributed by atoms with Crippen LogP contribution in [0.5, 0.6) is 0 Å². The first-order chi connectivity index (χ1) is 19.9. The first-order valence-electron chi connectivity index (χ1n) is 13.8. The third-order valence-electron chi connectivity index (χ3n) is 7.86. The maximum absolute atomic E-state index is 15.3. The highest BCUT2D eigenvalue weighted by Gasteiger charge is 2.34.